The van der Waals surface area contributed by atoms with Crippen molar-refractivity contribution in [2.75, 3.05) is 5.73 Å². The minimum Gasteiger partial charge on any atom is -0.382 e. The third-order valence-electron chi connectivity index (χ3n) is 3.57. The average molecular weight is 281 g/mol. The maximum Gasteiger partial charge on any atom is 0.153 e. The number of aryl methyl sites for hydroxylation is 2. The molecule has 0 aliphatic carbocycles. The Bertz CT molecular complexity index is 806. The van der Waals surface area contributed by atoms with E-state index in [4.69, 9.17) is 5.73 Å². The van der Waals surface area contributed by atoms with Crippen molar-refractivity contribution in [1.82, 2.24) is 10.2 Å². The molecular formula is C17H16FN3. The molecule has 0 spiro atoms. The first-order chi connectivity index (χ1) is 10.1. The molecular weight excluding hydrogens is 265 g/mol. The van der Waals surface area contributed by atoms with E-state index in [1.807, 2.05) is 38.1 Å². The van der Waals surface area contributed by atoms with Gasteiger partial charge in [-0.1, -0.05) is 35.9 Å². The Morgan fingerprint density at radius 3 is 2.67 bits per heavy atom. The maximum absolute atomic E-state index is 13.6. The molecule has 0 atom stereocenters. The Morgan fingerprint density at radius 1 is 1.10 bits per heavy atom. The van der Waals surface area contributed by atoms with Crippen LogP contribution in [-0.2, 0) is 0 Å². The Kier molecular flexibility index (Phi) is 3.22. The zero-order valence-electron chi connectivity index (χ0n) is 11.9. The number of anilines is 1. The highest BCUT2D eigenvalue weighted by Crippen LogP contribution is 2.36. The molecule has 3 rings (SSSR count). The van der Waals surface area contributed by atoms with Crippen molar-refractivity contribution < 1.29 is 4.39 Å². The molecule has 106 valence electrons. The smallest absolute Gasteiger partial charge is 0.153 e. The van der Waals surface area contributed by atoms with Crippen molar-refractivity contribution in [2.45, 2.75) is 13.8 Å². The van der Waals surface area contributed by atoms with Crippen molar-refractivity contribution in [1.29, 1.82) is 0 Å². The normalized spacial score (nSPS) is 10.8. The van der Waals surface area contributed by atoms with Gasteiger partial charge in [-0.25, -0.2) is 4.39 Å². The summed E-state index contributed by atoms with van der Waals surface area (Å²) >= 11 is 0. The van der Waals surface area contributed by atoms with E-state index in [1.54, 1.807) is 6.07 Å². The summed E-state index contributed by atoms with van der Waals surface area (Å²) in [7, 11) is 0. The van der Waals surface area contributed by atoms with Crippen LogP contribution < -0.4 is 5.73 Å². The van der Waals surface area contributed by atoms with Gasteiger partial charge in [0.2, 0.25) is 0 Å². The number of nitrogens with zero attached hydrogens (tertiary/aromatic N) is 1. The maximum atomic E-state index is 13.6. The van der Waals surface area contributed by atoms with Gasteiger partial charge in [0, 0.05) is 5.56 Å². The van der Waals surface area contributed by atoms with E-state index in [1.165, 1.54) is 12.1 Å². The summed E-state index contributed by atoms with van der Waals surface area (Å²) in [5, 5.41) is 7.03. The molecule has 1 aromatic heterocycles. The fraction of sp³-hybridized carbons (Fsp3) is 0.118. The van der Waals surface area contributed by atoms with Crippen LogP contribution in [0.25, 0.3) is 22.4 Å². The van der Waals surface area contributed by atoms with Crippen molar-refractivity contribution in [3.8, 4) is 22.4 Å². The number of rotatable bonds is 2. The lowest BCUT2D eigenvalue weighted by atomic mass is 9.97. The first-order valence-electron chi connectivity index (χ1n) is 6.73. The summed E-state index contributed by atoms with van der Waals surface area (Å²) in [6, 6.07) is 12.7. The molecule has 0 bridgehead atoms. The number of hydrogen-bond donors (Lipinski definition) is 2. The lowest BCUT2D eigenvalue weighted by molar-refractivity contribution is 0.628. The van der Waals surface area contributed by atoms with Crippen LogP contribution in [0.3, 0.4) is 0 Å². The zero-order valence-corrected chi connectivity index (χ0v) is 11.9. The largest absolute Gasteiger partial charge is 0.382 e. The summed E-state index contributed by atoms with van der Waals surface area (Å²) in [4.78, 5) is 0. The van der Waals surface area contributed by atoms with Crippen LogP contribution in [0.15, 0.2) is 42.5 Å². The highest BCUT2D eigenvalue weighted by Gasteiger charge is 2.16. The van der Waals surface area contributed by atoms with E-state index in [9.17, 15) is 4.39 Å². The number of halogens is 1. The average Bonchev–Trinajstić information content (AvgIpc) is 2.83. The van der Waals surface area contributed by atoms with Crippen LogP contribution in [0.5, 0.6) is 0 Å². The first-order valence-corrected chi connectivity index (χ1v) is 6.73. The van der Waals surface area contributed by atoms with E-state index in [0.717, 1.165) is 33.5 Å². The second kappa shape index (κ2) is 5.05. The molecule has 4 heteroatoms. The van der Waals surface area contributed by atoms with Gasteiger partial charge in [0.15, 0.2) is 5.82 Å². The molecule has 0 aliphatic rings. The van der Waals surface area contributed by atoms with Gasteiger partial charge in [-0.05, 0) is 37.1 Å². The molecule has 2 aromatic carbocycles. The molecule has 0 amide bonds. The molecule has 3 aromatic rings. The SMILES string of the molecule is Cc1cccc(-c2c(N)n[nH]c2-c2cc(F)ccc2C)c1. The minimum absolute atomic E-state index is 0.279. The van der Waals surface area contributed by atoms with Gasteiger partial charge in [0.1, 0.15) is 5.82 Å². The number of nitrogen functional groups attached to an aromatic ring is 1. The molecule has 1 heterocycles. The van der Waals surface area contributed by atoms with E-state index >= 15 is 0 Å². The number of nitrogens with one attached hydrogen (secondary N) is 1. The quantitative estimate of drug-likeness (QED) is 0.743. The van der Waals surface area contributed by atoms with Gasteiger partial charge >= 0.3 is 0 Å². The van der Waals surface area contributed by atoms with Crippen LogP contribution in [0.1, 0.15) is 11.1 Å². The van der Waals surface area contributed by atoms with Gasteiger partial charge in [0.05, 0.1) is 11.3 Å². The van der Waals surface area contributed by atoms with Crippen LogP contribution in [0.4, 0.5) is 10.2 Å². The number of benzene rings is 2. The molecule has 3 N–H and O–H groups in total. The van der Waals surface area contributed by atoms with Crippen molar-refractivity contribution >= 4 is 5.82 Å². The standard InChI is InChI=1S/C17H16FN3/c1-10-4-3-5-12(8-10)15-16(20-21-17(15)19)14-9-13(18)7-6-11(14)2/h3-9H,1-2H3,(H3,19,20,21). The number of nitrogens with two attached hydrogens (primary N) is 1. The Balaban J connectivity index is 2.24. The summed E-state index contributed by atoms with van der Waals surface area (Å²) in [6.45, 7) is 3.96. The number of hydrogen-bond acceptors (Lipinski definition) is 2. The fourth-order valence-electron chi connectivity index (χ4n) is 2.51. The van der Waals surface area contributed by atoms with Crippen LogP contribution >= 0.6 is 0 Å². The topological polar surface area (TPSA) is 54.7 Å². The first kappa shape index (κ1) is 13.4. The molecule has 21 heavy (non-hydrogen) atoms. The second-order valence-corrected chi connectivity index (χ2v) is 5.19. The summed E-state index contributed by atoms with van der Waals surface area (Å²) < 4.78 is 13.6. The van der Waals surface area contributed by atoms with E-state index in [0.29, 0.717) is 5.82 Å². The van der Waals surface area contributed by atoms with Crippen molar-refractivity contribution in [2.24, 2.45) is 0 Å². The van der Waals surface area contributed by atoms with Crippen LogP contribution in [-0.4, -0.2) is 10.2 Å². The predicted octanol–water partition coefficient (Wildman–Crippen LogP) is 4.08. The predicted molar refractivity (Wildman–Crippen MR) is 83.3 cm³/mol. The third-order valence-corrected chi connectivity index (χ3v) is 3.57. The zero-order chi connectivity index (χ0) is 15.0. The molecule has 0 fully saturated rings. The van der Waals surface area contributed by atoms with Gasteiger partial charge in [-0.3, -0.25) is 5.10 Å². The molecule has 3 nitrogen and oxygen atoms in total. The molecule has 0 saturated heterocycles. The molecule has 0 radical (unpaired) electrons. The van der Waals surface area contributed by atoms with Gasteiger partial charge in [-0.2, -0.15) is 5.10 Å². The number of aromatic nitrogens is 2. The fourth-order valence-corrected chi connectivity index (χ4v) is 2.51. The van der Waals surface area contributed by atoms with Crippen molar-refractivity contribution in [3.63, 3.8) is 0 Å². The molecule has 0 aliphatic heterocycles. The highest BCUT2D eigenvalue weighted by atomic mass is 19.1. The van der Waals surface area contributed by atoms with Crippen LogP contribution in [0, 0.1) is 19.7 Å². The van der Waals surface area contributed by atoms with Crippen LogP contribution in [0.2, 0.25) is 0 Å². The second-order valence-electron chi connectivity index (χ2n) is 5.19. The number of H-pyrrole nitrogens is 1. The van der Waals surface area contributed by atoms with E-state index in [2.05, 4.69) is 10.2 Å². The Morgan fingerprint density at radius 2 is 1.90 bits per heavy atom. The number of aromatic amines is 1. The Hall–Kier alpha value is -2.62. The summed E-state index contributed by atoms with van der Waals surface area (Å²) in [5.74, 6) is 0.137. The van der Waals surface area contributed by atoms with Crippen molar-refractivity contribution in [3.05, 3.63) is 59.4 Å². The Labute approximate surface area is 122 Å². The lowest BCUT2D eigenvalue weighted by Gasteiger charge is -2.08. The van der Waals surface area contributed by atoms with Gasteiger partial charge in [0.25, 0.3) is 0 Å². The summed E-state index contributed by atoms with van der Waals surface area (Å²) in [5.41, 5.74) is 11.4. The molecule has 0 saturated carbocycles. The summed E-state index contributed by atoms with van der Waals surface area (Å²) in [6.07, 6.45) is 0. The third kappa shape index (κ3) is 2.40. The monoisotopic (exact) mass is 281 g/mol. The van der Waals surface area contributed by atoms with Gasteiger partial charge in [-0.15, -0.1) is 0 Å². The van der Waals surface area contributed by atoms with E-state index in [-0.39, 0.29) is 5.82 Å². The van der Waals surface area contributed by atoms with E-state index < -0.39 is 0 Å². The lowest BCUT2D eigenvalue weighted by Crippen LogP contribution is -1.91. The molecule has 0 unspecified atom stereocenters. The minimum atomic E-state index is -0.279. The highest BCUT2D eigenvalue weighted by molar-refractivity contribution is 5.88. The van der Waals surface area contributed by atoms with Gasteiger partial charge < -0.3 is 5.73 Å².